The Morgan fingerprint density at radius 1 is 1.28 bits per heavy atom. The van der Waals surface area contributed by atoms with Gasteiger partial charge in [-0.05, 0) is 18.6 Å². The standard InChI is InChI=1S/C21H24N4O4/c1-14-10-16(24-29-14)12-20(26)23-19(21(27)25-6-8-28-9-7-25)11-15-13-22-18-5-3-2-4-17(15)18/h2-5,10,13,19,22H,6-9,11-12H2,1H3,(H,23,26). The van der Waals surface area contributed by atoms with E-state index in [9.17, 15) is 9.59 Å². The smallest absolute Gasteiger partial charge is 0.245 e. The summed E-state index contributed by atoms with van der Waals surface area (Å²) >= 11 is 0. The molecule has 4 rings (SSSR count). The Labute approximate surface area is 168 Å². The van der Waals surface area contributed by atoms with Crippen LogP contribution >= 0.6 is 0 Å². The minimum Gasteiger partial charge on any atom is -0.378 e. The number of carbonyl (C=O) groups excluding carboxylic acids is 2. The van der Waals surface area contributed by atoms with Crippen LogP contribution in [0.3, 0.4) is 0 Å². The highest BCUT2D eigenvalue weighted by molar-refractivity contribution is 5.90. The number of carbonyl (C=O) groups is 2. The summed E-state index contributed by atoms with van der Waals surface area (Å²) in [5.74, 6) is 0.292. The van der Waals surface area contributed by atoms with Crippen LogP contribution in [0.1, 0.15) is 17.0 Å². The highest BCUT2D eigenvalue weighted by Crippen LogP contribution is 2.20. The van der Waals surface area contributed by atoms with Gasteiger partial charge in [0, 0.05) is 42.7 Å². The van der Waals surface area contributed by atoms with Crippen LogP contribution in [0, 0.1) is 6.92 Å². The topological polar surface area (TPSA) is 100 Å². The molecule has 1 atom stereocenters. The molecule has 1 aromatic carbocycles. The van der Waals surface area contributed by atoms with Gasteiger partial charge in [0.1, 0.15) is 11.8 Å². The Balaban J connectivity index is 1.52. The Hall–Kier alpha value is -3.13. The normalized spacial score (nSPS) is 15.4. The van der Waals surface area contributed by atoms with Crippen molar-refractivity contribution < 1.29 is 18.8 Å². The number of nitrogens with one attached hydrogen (secondary N) is 2. The summed E-state index contributed by atoms with van der Waals surface area (Å²) in [7, 11) is 0. The van der Waals surface area contributed by atoms with Crippen molar-refractivity contribution in [1.29, 1.82) is 0 Å². The molecule has 3 heterocycles. The maximum absolute atomic E-state index is 13.2. The van der Waals surface area contributed by atoms with E-state index < -0.39 is 6.04 Å². The van der Waals surface area contributed by atoms with Crippen molar-refractivity contribution in [3.05, 3.63) is 53.5 Å². The van der Waals surface area contributed by atoms with Gasteiger partial charge < -0.3 is 24.5 Å². The first kappa shape index (κ1) is 19.2. The van der Waals surface area contributed by atoms with Crippen molar-refractivity contribution in [2.24, 2.45) is 0 Å². The van der Waals surface area contributed by atoms with Gasteiger partial charge in [0.05, 0.1) is 25.3 Å². The van der Waals surface area contributed by atoms with Gasteiger partial charge in [0.15, 0.2) is 0 Å². The van der Waals surface area contributed by atoms with Crippen LogP contribution in [0.15, 0.2) is 41.1 Å². The lowest BCUT2D eigenvalue weighted by molar-refractivity contribution is -0.139. The summed E-state index contributed by atoms with van der Waals surface area (Å²) in [6.45, 7) is 3.86. The van der Waals surface area contributed by atoms with Gasteiger partial charge in [-0.2, -0.15) is 0 Å². The number of para-hydroxylation sites is 1. The Kier molecular flexibility index (Phi) is 5.62. The summed E-state index contributed by atoms with van der Waals surface area (Å²) in [4.78, 5) is 30.8. The van der Waals surface area contributed by atoms with Gasteiger partial charge in [0.2, 0.25) is 11.8 Å². The lowest BCUT2D eigenvalue weighted by Crippen LogP contribution is -2.52. The lowest BCUT2D eigenvalue weighted by atomic mass is 10.0. The molecule has 8 nitrogen and oxygen atoms in total. The first-order valence-electron chi connectivity index (χ1n) is 9.73. The summed E-state index contributed by atoms with van der Waals surface area (Å²) in [5.41, 5.74) is 2.54. The van der Waals surface area contributed by atoms with E-state index in [1.807, 2.05) is 30.5 Å². The number of aryl methyl sites for hydroxylation is 1. The SMILES string of the molecule is Cc1cc(CC(=O)NC(Cc2c[nH]c3ccccc23)C(=O)N2CCOCC2)no1. The quantitative estimate of drug-likeness (QED) is 0.659. The Morgan fingerprint density at radius 2 is 2.07 bits per heavy atom. The average molecular weight is 396 g/mol. The summed E-state index contributed by atoms with van der Waals surface area (Å²) in [5, 5.41) is 7.82. The van der Waals surface area contributed by atoms with Crippen LogP contribution in [0.2, 0.25) is 0 Å². The number of aromatic amines is 1. The number of hydrogen-bond donors (Lipinski definition) is 2. The van der Waals surface area contributed by atoms with Crippen molar-refractivity contribution in [3.63, 3.8) is 0 Å². The molecular formula is C21H24N4O4. The first-order valence-corrected chi connectivity index (χ1v) is 9.73. The zero-order valence-electron chi connectivity index (χ0n) is 16.3. The fraction of sp³-hybridized carbons (Fsp3) is 0.381. The molecule has 1 aliphatic heterocycles. The fourth-order valence-electron chi connectivity index (χ4n) is 3.64. The third kappa shape index (κ3) is 4.48. The third-order valence-corrected chi connectivity index (χ3v) is 5.07. The molecule has 0 radical (unpaired) electrons. The molecule has 2 N–H and O–H groups in total. The van der Waals surface area contributed by atoms with E-state index in [-0.39, 0.29) is 18.2 Å². The van der Waals surface area contributed by atoms with Gasteiger partial charge in [0.25, 0.3) is 0 Å². The highest BCUT2D eigenvalue weighted by Gasteiger charge is 2.28. The zero-order valence-corrected chi connectivity index (χ0v) is 16.3. The Morgan fingerprint density at radius 3 is 2.83 bits per heavy atom. The van der Waals surface area contributed by atoms with Crippen molar-refractivity contribution in [2.45, 2.75) is 25.8 Å². The Bertz CT molecular complexity index is 1000. The van der Waals surface area contributed by atoms with Crippen LogP contribution in [0.25, 0.3) is 10.9 Å². The molecule has 1 fully saturated rings. The molecule has 152 valence electrons. The second-order valence-electron chi connectivity index (χ2n) is 7.23. The monoisotopic (exact) mass is 396 g/mol. The van der Waals surface area contributed by atoms with Crippen LogP contribution in [0.4, 0.5) is 0 Å². The highest BCUT2D eigenvalue weighted by atomic mass is 16.5. The van der Waals surface area contributed by atoms with E-state index in [1.54, 1.807) is 17.9 Å². The number of fused-ring (bicyclic) bond motifs is 1. The number of ether oxygens (including phenoxy) is 1. The molecule has 0 aliphatic carbocycles. The van der Waals surface area contributed by atoms with E-state index in [1.165, 1.54) is 0 Å². The first-order chi connectivity index (χ1) is 14.1. The molecule has 1 saturated heterocycles. The van der Waals surface area contributed by atoms with Gasteiger partial charge in [-0.3, -0.25) is 9.59 Å². The predicted molar refractivity (Wildman–Crippen MR) is 106 cm³/mol. The molecule has 3 aromatic rings. The van der Waals surface area contributed by atoms with Crippen molar-refractivity contribution in [1.82, 2.24) is 20.4 Å². The molecule has 2 aromatic heterocycles. The molecule has 0 bridgehead atoms. The van der Waals surface area contributed by atoms with E-state index >= 15 is 0 Å². The minimum atomic E-state index is -0.659. The number of morpholine rings is 1. The number of rotatable bonds is 6. The number of H-pyrrole nitrogens is 1. The molecule has 0 spiro atoms. The molecule has 1 unspecified atom stereocenters. The van der Waals surface area contributed by atoms with Crippen LogP contribution in [0.5, 0.6) is 0 Å². The van der Waals surface area contributed by atoms with Crippen molar-refractivity contribution >= 4 is 22.7 Å². The van der Waals surface area contributed by atoms with E-state index in [2.05, 4.69) is 15.5 Å². The van der Waals surface area contributed by atoms with Crippen LogP contribution < -0.4 is 5.32 Å². The maximum Gasteiger partial charge on any atom is 0.245 e. The minimum absolute atomic E-state index is 0.0676. The second kappa shape index (κ2) is 8.48. The summed E-state index contributed by atoms with van der Waals surface area (Å²) in [6, 6.07) is 8.98. The molecule has 0 saturated carbocycles. The average Bonchev–Trinajstić information content (AvgIpc) is 3.33. The van der Waals surface area contributed by atoms with Gasteiger partial charge in [-0.25, -0.2) is 0 Å². The van der Waals surface area contributed by atoms with E-state index in [0.29, 0.717) is 44.2 Å². The molecule has 2 amide bonds. The molecule has 1 aliphatic rings. The summed E-state index contributed by atoms with van der Waals surface area (Å²) < 4.78 is 10.4. The predicted octanol–water partition coefficient (Wildman–Crippen LogP) is 1.59. The lowest BCUT2D eigenvalue weighted by Gasteiger charge is -2.30. The number of amides is 2. The third-order valence-electron chi connectivity index (χ3n) is 5.07. The van der Waals surface area contributed by atoms with E-state index in [4.69, 9.17) is 9.26 Å². The largest absolute Gasteiger partial charge is 0.378 e. The van der Waals surface area contributed by atoms with E-state index in [0.717, 1.165) is 16.5 Å². The summed E-state index contributed by atoms with van der Waals surface area (Å²) in [6.07, 6.45) is 2.37. The van der Waals surface area contributed by atoms with Gasteiger partial charge in [-0.15, -0.1) is 0 Å². The number of benzene rings is 1. The molecule has 29 heavy (non-hydrogen) atoms. The van der Waals surface area contributed by atoms with Crippen LogP contribution in [-0.2, 0) is 27.2 Å². The maximum atomic E-state index is 13.2. The molecular weight excluding hydrogens is 372 g/mol. The van der Waals surface area contributed by atoms with Crippen molar-refractivity contribution in [3.8, 4) is 0 Å². The molecule has 8 heteroatoms. The second-order valence-corrected chi connectivity index (χ2v) is 7.23. The zero-order chi connectivity index (χ0) is 20.2. The van der Waals surface area contributed by atoms with Crippen molar-refractivity contribution in [2.75, 3.05) is 26.3 Å². The van der Waals surface area contributed by atoms with Gasteiger partial charge in [-0.1, -0.05) is 23.4 Å². The number of aromatic nitrogens is 2. The van der Waals surface area contributed by atoms with Gasteiger partial charge >= 0.3 is 0 Å². The number of hydrogen-bond acceptors (Lipinski definition) is 5. The fourth-order valence-corrected chi connectivity index (χ4v) is 3.64. The van der Waals surface area contributed by atoms with Crippen LogP contribution in [-0.4, -0.2) is 59.2 Å². The number of nitrogens with zero attached hydrogens (tertiary/aromatic N) is 2.